The molecule has 3 aromatic rings. The molecule has 4 rings (SSSR count). The van der Waals surface area contributed by atoms with Crippen LogP contribution in [0.4, 0.5) is 4.39 Å². The van der Waals surface area contributed by atoms with Crippen LogP contribution in [0.2, 0.25) is 0 Å². The third kappa shape index (κ3) is 5.02. The van der Waals surface area contributed by atoms with E-state index >= 15 is 0 Å². The van der Waals surface area contributed by atoms with Gasteiger partial charge in [-0.2, -0.15) is 0 Å². The molecule has 2 amide bonds. The summed E-state index contributed by atoms with van der Waals surface area (Å²) in [5, 5.41) is 4.91. The molecule has 4 nitrogen and oxygen atoms in total. The average Bonchev–Trinajstić information content (AvgIpc) is 3.24. The molecule has 1 atom stereocenters. The standard InChI is InChI=1S/C25H25FN2O2S/c1-17-4-2-5-18(14-17)16-27-23(29)8-9-24(30)28-12-10-22-21(11-13-31-22)25(28)19-6-3-7-20(26)15-19/h2-7,11,13-15,25H,8-10,12,16H2,1H3,(H,27,29). The molecule has 2 heterocycles. The molecule has 1 aliphatic heterocycles. The van der Waals surface area contributed by atoms with Crippen LogP contribution in [0, 0.1) is 12.7 Å². The first-order valence-corrected chi connectivity index (χ1v) is 11.3. The number of nitrogens with zero attached hydrogens (tertiary/aromatic N) is 1. The summed E-state index contributed by atoms with van der Waals surface area (Å²) >= 11 is 1.67. The second-order valence-corrected chi connectivity index (χ2v) is 8.86. The molecule has 2 aromatic carbocycles. The molecule has 0 radical (unpaired) electrons. The Hall–Kier alpha value is -2.99. The number of carbonyl (C=O) groups excluding carboxylic acids is 2. The van der Waals surface area contributed by atoms with Gasteiger partial charge in [0.05, 0.1) is 6.04 Å². The lowest BCUT2D eigenvalue weighted by Crippen LogP contribution is -2.40. The Morgan fingerprint density at radius 2 is 1.97 bits per heavy atom. The Labute approximate surface area is 185 Å². The molecule has 0 aliphatic carbocycles. The van der Waals surface area contributed by atoms with E-state index in [-0.39, 0.29) is 36.5 Å². The van der Waals surface area contributed by atoms with Crippen LogP contribution in [0.5, 0.6) is 0 Å². The summed E-state index contributed by atoms with van der Waals surface area (Å²) < 4.78 is 13.9. The van der Waals surface area contributed by atoms with Gasteiger partial charge in [-0.3, -0.25) is 9.59 Å². The number of rotatable bonds is 6. The van der Waals surface area contributed by atoms with Gasteiger partial charge >= 0.3 is 0 Å². The van der Waals surface area contributed by atoms with Crippen molar-refractivity contribution in [3.05, 3.63) is 92.9 Å². The number of nitrogens with one attached hydrogen (secondary N) is 1. The zero-order valence-electron chi connectivity index (χ0n) is 17.4. The van der Waals surface area contributed by atoms with Crippen molar-refractivity contribution in [3.63, 3.8) is 0 Å². The molecule has 0 saturated heterocycles. The monoisotopic (exact) mass is 436 g/mol. The van der Waals surface area contributed by atoms with Crippen molar-refractivity contribution in [2.75, 3.05) is 6.54 Å². The quantitative estimate of drug-likeness (QED) is 0.605. The van der Waals surface area contributed by atoms with Crippen LogP contribution >= 0.6 is 11.3 Å². The normalized spacial score (nSPS) is 15.4. The number of carbonyl (C=O) groups is 2. The van der Waals surface area contributed by atoms with Gasteiger partial charge in [-0.05, 0) is 53.6 Å². The Kier molecular flexibility index (Phi) is 6.47. The van der Waals surface area contributed by atoms with E-state index < -0.39 is 0 Å². The summed E-state index contributed by atoms with van der Waals surface area (Å²) in [7, 11) is 0. The molecule has 0 bridgehead atoms. The Morgan fingerprint density at radius 3 is 2.77 bits per heavy atom. The van der Waals surface area contributed by atoms with Gasteiger partial charge in [0.1, 0.15) is 5.82 Å². The fourth-order valence-electron chi connectivity index (χ4n) is 4.10. The highest BCUT2D eigenvalue weighted by Crippen LogP contribution is 2.38. The fraction of sp³-hybridized carbons (Fsp3) is 0.280. The summed E-state index contributed by atoms with van der Waals surface area (Å²) in [5.74, 6) is -0.551. The largest absolute Gasteiger partial charge is 0.352 e. The van der Waals surface area contributed by atoms with Gasteiger partial charge in [0, 0.05) is 30.8 Å². The van der Waals surface area contributed by atoms with Gasteiger partial charge in [-0.25, -0.2) is 4.39 Å². The van der Waals surface area contributed by atoms with E-state index in [9.17, 15) is 14.0 Å². The van der Waals surface area contributed by atoms with Gasteiger partial charge in [-0.15, -0.1) is 11.3 Å². The minimum Gasteiger partial charge on any atom is -0.352 e. The molecule has 6 heteroatoms. The third-order valence-corrected chi connectivity index (χ3v) is 6.59. The fourth-order valence-corrected chi connectivity index (χ4v) is 5.00. The summed E-state index contributed by atoms with van der Waals surface area (Å²) in [6.07, 6.45) is 1.04. The molecule has 1 aromatic heterocycles. The smallest absolute Gasteiger partial charge is 0.223 e. The van der Waals surface area contributed by atoms with Crippen LogP contribution in [-0.2, 0) is 22.6 Å². The maximum absolute atomic E-state index is 13.9. The van der Waals surface area contributed by atoms with E-state index in [2.05, 4.69) is 5.32 Å². The summed E-state index contributed by atoms with van der Waals surface area (Å²) in [5.41, 5.74) is 3.99. The van der Waals surface area contributed by atoms with Crippen LogP contribution in [-0.4, -0.2) is 23.3 Å². The third-order valence-electron chi connectivity index (χ3n) is 5.59. The number of halogens is 1. The molecule has 0 saturated carbocycles. The zero-order valence-corrected chi connectivity index (χ0v) is 18.3. The molecule has 31 heavy (non-hydrogen) atoms. The van der Waals surface area contributed by atoms with Crippen LogP contribution in [0.1, 0.15) is 46.0 Å². The number of thiophene rings is 1. The number of fused-ring (bicyclic) bond motifs is 1. The van der Waals surface area contributed by atoms with Crippen LogP contribution in [0.15, 0.2) is 60.0 Å². The predicted molar refractivity (Wildman–Crippen MR) is 120 cm³/mol. The average molecular weight is 437 g/mol. The molecular formula is C25H25FN2O2S. The number of hydrogen-bond donors (Lipinski definition) is 1. The Bertz CT molecular complexity index is 1090. The SMILES string of the molecule is Cc1cccc(CNC(=O)CCC(=O)N2CCc3sccc3C2c2cccc(F)c2)c1. The first kappa shape index (κ1) is 21.2. The highest BCUT2D eigenvalue weighted by Gasteiger charge is 2.32. The van der Waals surface area contributed by atoms with E-state index in [1.165, 1.54) is 17.0 Å². The number of aryl methyl sites for hydroxylation is 1. The van der Waals surface area contributed by atoms with Gasteiger partial charge in [0.25, 0.3) is 0 Å². The molecule has 160 valence electrons. The van der Waals surface area contributed by atoms with Crippen molar-refractivity contribution >= 4 is 23.2 Å². The second kappa shape index (κ2) is 9.43. The summed E-state index contributed by atoms with van der Waals surface area (Å²) in [6, 6.07) is 16.1. The first-order chi connectivity index (χ1) is 15.0. The Morgan fingerprint density at radius 1 is 1.13 bits per heavy atom. The lowest BCUT2D eigenvalue weighted by atomic mass is 9.92. The van der Waals surface area contributed by atoms with E-state index in [0.717, 1.165) is 28.7 Å². The van der Waals surface area contributed by atoms with Gasteiger partial charge in [-0.1, -0.05) is 42.0 Å². The molecule has 0 spiro atoms. The van der Waals surface area contributed by atoms with Gasteiger partial charge in [0.2, 0.25) is 11.8 Å². The van der Waals surface area contributed by atoms with Crippen LogP contribution in [0.3, 0.4) is 0 Å². The molecule has 1 N–H and O–H groups in total. The van der Waals surface area contributed by atoms with Crippen molar-refractivity contribution in [1.29, 1.82) is 0 Å². The lowest BCUT2D eigenvalue weighted by Gasteiger charge is -2.36. The van der Waals surface area contributed by atoms with Crippen molar-refractivity contribution in [2.24, 2.45) is 0 Å². The zero-order chi connectivity index (χ0) is 21.8. The van der Waals surface area contributed by atoms with Crippen LogP contribution in [0.25, 0.3) is 0 Å². The van der Waals surface area contributed by atoms with Crippen molar-refractivity contribution in [3.8, 4) is 0 Å². The van der Waals surface area contributed by atoms with Crippen molar-refractivity contribution < 1.29 is 14.0 Å². The Balaban J connectivity index is 1.41. The topological polar surface area (TPSA) is 49.4 Å². The minimum absolute atomic E-state index is 0.0863. The highest BCUT2D eigenvalue weighted by atomic mass is 32.1. The van der Waals surface area contributed by atoms with Gasteiger partial charge in [0.15, 0.2) is 0 Å². The van der Waals surface area contributed by atoms with Crippen LogP contribution < -0.4 is 5.32 Å². The van der Waals surface area contributed by atoms with Crippen molar-refractivity contribution in [2.45, 2.75) is 38.8 Å². The van der Waals surface area contributed by atoms with E-state index in [4.69, 9.17) is 0 Å². The molecule has 1 aliphatic rings. The highest BCUT2D eigenvalue weighted by molar-refractivity contribution is 7.10. The number of benzene rings is 2. The summed E-state index contributed by atoms with van der Waals surface area (Å²) in [6.45, 7) is 3.03. The molecule has 1 unspecified atom stereocenters. The maximum atomic E-state index is 13.9. The maximum Gasteiger partial charge on any atom is 0.223 e. The second-order valence-electron chi connectivity index (χ2n) is 7.86. The predicted octanol–water partition coefficient (Wildman–Crippen LogP) is 4.77. The van der Waals surface area contributed by atoms with Crippen molar-refractivity contribution in [1.82, 2.24) is 10.2 Å². The first-order valence-electron chi connectivity index (χ1n) is 10.4. The summed E-state index contributed by atoms with van der Waals surface area (Å²) in [4.78, 5) is 28.4. The van der Waals surface area contributed by atoms with E-state index in [1.807, 2.05) is 48.7 Å². The molecule has 0 fully saturated rings. The number of amides is 2. The molecular weight excluding hydrogens is 411 g/mol. The number of hydrogen-bond acceptors (Lipinski definition) is 3. The lowest BCUT2D eigenvalue weighted by molar-refractivity contribution is -0.135. The van der Waals surface area contributed by atoms with Gasteiger partial charge < -0.3 is 10.2 Å². The van der Waals surface area contributed by atoms with E-state index in [0.29, 0.717) is 13.1 Å². The van der Waals surface area contributed by atoms with E-state index in [1.54, 1.807) is 22.3 Å². The minimum atomic E-state index is -0.317.